The summed E-state index contributed by atoms with van der Waals surface area (Å²) in [6.07, 6.45) is 2.16. The lowest BCUT2D eigenvalue weighted by molar-refractivity contribution is -0.0564. The maximum Gasteiger partial charge on any atom is 0.129 e. The lowest BCUT2D eigenvalue weighted by atomic mass is 9.99. The molecule has 3 heteroatoms. The Labute approximate surface area is 102 Å². The predicted octanol–water partition coefficient (Wildman–Crippen LogP) is 2.24. The molecule has 0 aliphatic carbocycles. The van der Waals surface area contributed by atoms with Gasteiger partial charge in [-0.1, -0.05) is 6.07 Å². The molecule has 3 rings (SSSR count). The van der Waals surface area contributed by atoms with E-state index in [1.165, 1.54) is 11.1 Å². The van der Waals surface area contributed by atoms with Crippen molar-refractivity contribution in [1.29, 1.82) is 0 Å². The van der Waals surface area contributed by atoms with Crippen molar-refractivity contribution in [2.24, 2.45) is 0 Å². The third-order valence-electron chi connectivity index (χ3n) is 3.57. The van der Waals surface area contributed by atoms with E-state index in [9.17, 15) is 0 Å². The highest BCUT2D eigenvalue weighted by atomic mass is 16.5. The molecule has 1 N–H and O–H groups in total. The quantitative estimate of drug-likeness (QED) is 0.849. The van der Waals surface area contributed by atoms with Gasteiger partial charge in [0.2, 0.25) is 0 Å². The lowest BCUT2D eigenvalue weighted by Crippen LogP contribution is -2.41. The summed E-state index contributed by atoms with van der Waals surface area (Å²) in [5, 5.41) is 3.35. The summed E-state index contributed by atoms with van der Waals surface area (Å²) < 4.78 is 11.6. The lowest BCUT2D eigenvalue weighted by Gasteiger charge is -2.34. The summed E-state index contributed by atoms with van der Waals surface area (Å²) in [5.74, 6) is 0.973. The maximum absolute atomic E-state index is 6.12. The third-order valence-corrected chi connectivity index (χ3v) is 3.57. The van der Waals surface area contributed by atoms with E-state index in [0.717, 1.165) is 38.3 Å². The van der Waals surface area contributed by atoms with Crippen LogP contribution in [0.25, 0.3) is 0 Å². The number of hydrogen-bond donors (Lipinski definition) is 1. The maximum atomic E-state index is 6.12. The summed E-state index contributed by atoms with van der Waals surface area (Å²) in [4.78, 5) is 0. The molecule has 1 aromatic carbocycles. The molecular weight excluding hydrogens is 214 g/mol. The summed E-state index contributed by atoms with van der Waals surface area (Å²) in [6, 6.07) is 6.40. The first-order chi connectivity index (χ1) is 8.25. The molecule has 0 radical (unpaired) electrons. The molecule has 0 spiro atoms. The van der Waals surface area contributed by atoms with Gasteiger partial charge in [0.15, 0.2) is 0 Å². The Balaban J connectivity index is 1.76. The molecule has 0 saturated carbocycles. The molecule has 1 aromatic rings. The summed E-state index contributed by atoms with van der Waals surface area (Å²) in [6.45, 7) is 5.64. The van der Waals surface area contributed by atoms with Crippen LogP contribution in [0.2, 0.25) is 0 Å². The molecule has 2 aliphatic rings. The molecule has 1 atom stereocenters. The second-order valence-electron chi connectivity index (χ2n) is 5.24. The van der Waals surface area contributed by atoms with Crippen LogP contribution in [0.15, 0.2) is 18.2 Å². The van der Waals surface area contributed by atoms with Gasteiger partial charge in [-0.15, -0.1) is 0 Å². The van der Waals surface area contributed by atoms with Crippen LogP contribution in [-0.2, 0) is 17.8 Å². The molecule has 2 aliphatic heterocycles. The molecule has 2 heterocycles. The standard InChI is InChI=1S/C14H19NO2/c1-14(5-2-6-16-10-14)17-13-4-3-11-8-15-9-12(11)7-13/h3-4,7,15H,2,5-6,8-10H2,1H3. The summed E-state index contributed by atoms with van der Waals surface area (Å²) >= 11 is 0. The second-order valence-corrected chi connectivity index (χ2v) is 5.24. The minimum Gasteiger partial charge on any atom is -0.485 e. The first-order valence-electron chi connectivity index (χ1n) is 6.34. The molecule has 1 unspecified atom stereocenters. The predicted molar refractivity (Wildman–Crippen MR) is 66.1 cm³/mol. The first-order valence-corrected chi connectivity index (χ1v) is 6.34. The van der Waals surface area contributed by atoms with E-state index >= 15 is 0 Å². The molecule has 0 aromatic heterocycles. The number of rotatable bonds is 2. The van der Waals surface area contributed by atoms with Gasteiger partial charge in [-0.05, 0) is 43.0 Å². The molecule has 0 amide bonds. The highest BCUT2D eigenvalue weighted by Gasteiger charge is 2.29. The minimum absolute atomic E-state index is 0.154. The highest BCUT2D eigenvalue weighted by Crippen LogP contribution is 2.28. The number of ether oxygens (including phenoxy) is 2. The van der Waals surface area contributed by atoms with Crippen LogP contribution in [0.5, 0.6) is 5.75 Å². The number of benzene rings is 1. The van der Waals surface area contributed by atoms with Crippen LogP contribution in [0.3, 0.4) is 0 Å². The zero-order valence-electron chi connectivity index (χ0n) is 10.3. The van der Waals surface area contributed by atoms with E-state index < -0.39 is 0 Å². The Kier molecular flexibility index (Phi) is 2.81. The number of nitrogens with one attached hydrogen (secondary N) is 1. The van der Waals surface area contributed by atoms with Crippen LogP contribution in [0, 0.1) is 0 Å². The van der Waals surface area contributed by atoms with Gasteiger partial charge in [0.1, 0.15) is 11.4 Å². The van der Waals surface area contributed by atoms with Crippen LogP contribution >= 0.6 is 0 Å². The van der Waals surface area contributed by atoms with Gasteiger partial charge < -0.3 is 14.8 Å². The molecule has 3 nitrogen and oxygen atoms in total. The van der Waals surface area contributed by atoms with Crippen molar-refractivity contribution >= 4 is 0 Å². The fourth-order valence-electron chi connectivity index (χ4n) is 2.61. The van der Waals surface area contributed by atoms with Crippen molar-refractivity contribution in [2.45, 2.75) is 38.5 Å². The molecule has 1 fully saturated rings. The zero-order valence-corrected chi connectivity index (χ0v) is 10.3. The largest absolute Gasteiger partial charge is 0.485 e. The topological polar surface area (TPSA) is 30.5 Å². The second kappa shape index (κ2) is 4.31. The van der Waals surface area contributed by atoms with Gasteiger partial charge in [-0.2, -0.15) is 0 Å². The Morgan fingerprint density at radius 2 is 2.18 bits per heavy atom. The van der Waals surface area contributed by atoms with E-state index in [1.54, 1.807) is 0 Å². The van der Waals surface area contributed by atoms with Crippen LogP contribution < -0.4 is 10.1 Å². The molecule has 0 bridgehead atoms. The number of fused-ring (bicyclic) bond motifs is 1. The van der Waals surface area contributed by atoms with Crippen molar-refractivity contribution in [3.63, 3.8) is 0 Å². The van der Waals surface area contributed by atoms with E-state index in [2.05, 4.69) is 30.4 Å². The highest BCUT2D eigenvalue weighted by molar-refractivity contribution is 5.38. The Morgan fingerprint density at radius 3 is 3.00 bits per heavy atom. The number of hydrogen-bond acceptors (Lipinski definition) is 3. The van der Waals surface area contributed by atoms with Crippen LogP contribution in [-0.4, -0.2) is 18.8 Å². The Hall–Kier alpha value is -1.06. The van der Waals surface area contributed by atoms with Crippen molar-refractivity contribution in [2.75, 3.05) is 13.2 Å². The smallest absolute Gasteiger partial charge is 0.129 e. The van der Waals surface area contributed by atoms with Gasteiger partial charge in [0.05, 0.1) is 6.61 Å². The first kappa shape index (κ1) is 11.1. The molecule has 17 heavy (non-hydrogen) atoms. The van der Waals surface area contributed by atoms with Crippen molar-refractivity contribution in [3.8, 4) is 5.75 Å². The molecular formula is C14H19NO2. The van der Waals surface area contributed by atoms with Crippen molar-refractivity contribution in [3.05, 3.63) is 29.3 Å². The van der Waals surface area contributed by atoms with Gasteiger partial charge in [0, 0.05) is 19.7 Å². The van der Waals surface area contributed by atoms with Gasteiger partial charge >= 0.3 is 0 Å². The Bertz CT molecular complexity index is 411. The van der Waals surface area contributed by atoms with Gasteiger partial charge in [-0.3, -0.25) is 0 Å². The summed E-state index contributed by atoms with van der Waals surface area (Å²) in [5.41, 5.74) is 2.60. The van der Waals surface area contributed by atoms with Gasteiger partial charge in [0.25, 0.3) is 0 Å². The van der Waals surface area contributed by atoms with Crippen molar-refractivity contribution < 1.29 is 9.47 Å². The fraction of sp³-hybridized carbons (Fsp3) is 0.571. The van der Waals surface area contributed by atoms with E-state index in [1.807, 2.05) is 0 Å². The molecule has 92 valence electrons. The summed E-state index contributed by atoms with van der Waals surface area (Å²) in [7, 11) is 0. The monoisotopic (exact) mass is 233 g/mol. The zero-order chi connectivity index (χ0) is 11.7. The molecule has 1 saturated heterocycles. The SMILES string of the molecule is CC1(Oc2ccc3c(c2)CNC3)CCCOC1. The average molecular weight is 233 g/mol. The Morgan fingerprint density at radius 1 is 1.29 bits per heavy atom. The van der Waals surface area contributed by atoms with Crippen LogP contribution in [0.4, 0.5) is 0 Å². The minimum atomic E-state index is -0.154. The van der Waals surface area contributed by atoms with E-state index in [0.29, 0.717) is 6.61 Å². The van der Waals surface area contributed by atoms with E-state index in [-0.39, 0.29) is 5.60 Å². The van der Waals surface area contributed by atoms with Gasteiger partial charge in [-0.25, -0.2) is 0 Å². The van der Waals surface area contributed by atoms with E-state index in [4.69, 9.17) is 9.47 Å². The fourth-order valence-corrected chi connectivity index (χ4v) is 2.61. The van der Waals surface area contributed by atoms with Crippen molar-refractivity contribution in [1.82, 2.24) is 5.32 Å². The third kappa shape index (κ3) is 2.31. The van der Waals surface area contributed by atoms with Crippen LogP contribution in [0.1, 0.15) is 30.9 Å². The average Bonchev–Trinajstić information content (AvgIpc) is 2.76. The normalized spacial score (nSPS) is 27.8.